The molecule has 2 rings (SSSR count). The largest absolute Gasteiger partial charge is 0.471 e. The van der Waals surface area contributed by atoms with Crippen molar-refractivity contribution in [3.8, 4) is 0 Å². The molecule has 0 aromatic heterocycles. The molecular formula is C16H17ClF3N3O3. The highest BCUT2D eigenvalue weighted by Gasteiger charge is 2.47. The van der Waals surface area contributed by atoms with Crippen molar-refractivity contribution in [3.05, 3.63) is 28.8 Å². The molecule has 1 aromatic rings. The van der Waals surface area contributed by atoms with Crippen molar-refractivity contribution in [2.24, 2.45) is 0 Å². The average Bonchev–Trinajstić information content (AvgIpc) is 3.02. The molecule has 1 unspecified atom stereocenters. The van der Waals surface area contributed by atoms with Gasteiger partial charge in [-0.1, -0.05) is 11.6 Å². The van der Waals surface area contributed by atoms with Crippen LogP contribution >= 0.6 is 11.6 Å². The van der Waals surface area contributed by atoms with E-state index in [0.717, 1.165) is 0 Å². The first kappa shape index (κ1) is 20.0. The van der Waals surface area contributed by atoms with E-state index < -0.39 is 24.0 Å². The summed E-state index contributed by atoms with van der Waals surface area (Å²) >= 11 is 6.04. The zero-order valence-corrected chi connectivity index (χ0v) is 14.8. The highest BCUT2D eigenvalue weighted by Crippen LogP contribution is 2.27. The van der Waals surface area contributed by atoms with Gasteiger partial charge in [-0.3, -0.25) is 14.4 Å². The van der Waals surface area contributed by atoms with Gasteiger partial charge >= 0.3 is 12.1 Å². The van der Waals surface area contributed by atoms with E-state index in [4.69, 9.17) is 11.6 Å². The fourth-order valence-electron chi connectivity index (χ4n) is 2.68. The van der Waals surface area contributed by atoms with E-state index in [2.05, 4.69) is 5.32 Å². The van der Waals surface area contributed by atoms with Crippen molar-refractivity contribution < 1.29 is 27.6 Å². The summed E-state index contributed by atoms with van der Waals surface area (Å²) < 4.78 is 37.9. The number of carbonyl (C=O) groups is 3. The lowest BCUT2D eigenvalue weighted by molar-refractivity contribution is -0.186. The first-order chi connectivity index (χ1) is 12.0. The number of hydrogen-bond donors (Lipinski definition) is 1. The molecule has 1 heterocycles. The van der Waals surface area contributed by atoms with Crippen LogP contribution in [0.25, 0.3) is 0 Å². The van der Waals surface area contributed by atoms with Crippen LogP contribution in [0.1, 0.15) is 23.2 Å². The summed E-state index contributed by atoms with van der Waals surface area (Å²) in [6.07, 6.45) is -4.59. The number of carbonyl (C=O) groups excluding carboxylic acids is 3. The molecule has 6 nitrogen and oxygen atoms in total. The highest BCUT2D eigenvalue weighted by molar-refractivity contribution is 6.34. The summed E-state index contributed by atoms with van der Waals surface area (Å²) in [5, 5.41) is 2.54. The van der Waals surface area contributed by atoms with Gasteiger partial charge in [0.1, 0.15) is 6.04 Å². The SMILES string of the molecule is CN(C)C(=O)c1ccc(NC(=O)C2CCCN2C(=O)C(F)(F)F)cc1Cl. The van der Waals surface area contributed by atoms with Crippen LogP contribution in [0.3, 0.4) is 0 Å². The molecule has 1 atom stereocenters. The molecule has 3 amide bonds. The summed E-state index contributed by atoms with van der Waals surface area (Å²) in [6, 6.07) is 2.96. The Bertz CT molecular complexity index is 737. The first-order valence-corrected chi connectivity index (χ1v) is 8.10. The summed E-state index contributed by atoms with van der Waals surface area (Å²) in [5.41, 5.74) is 0.450. The quantitative estimate of drug-likeness (QED) is 0.860. The maximum absolute atomic E-state index is 12.6. The average molecular weight is 392 g/mol. The van der Waals surface area contributed by atoms with Crippen molar-refractivity contribution >= 4 is 35.0 Å². The fraction of sp³-hybridized carbons (Fsp3) is 0.438. The Hall–Kier alpha value is -2.29. The van der Waals surface area contributed by atoms with Gasteiger partial charge in [0, 0.05) is 26.3 Å². The van der Waals surface area contributed by atoms with Gasteiger partial charge in [-0.05, 0) is 31.0 Å². The minimum Gasteiger partial charge on any atom is -0.345 e. The molecule has 142 valence electrons. The van der Waals surface area contributed by atoms with Crippen LogP contribution in [0.5, 0.6) is 0 Å². The van der Waals surface area contributed by atoms with Crippen molar-refractivity contribution in [2.45, 2.75) is 25.1 Å². The fourth-order valence-corrected chi connectivity index (χ4v) is 2.94. The van der Waals surface area contributed by atoms with Crippen molar-refractivity contribution in [1.82, 2.24) is 9.80 Å². The molecule has 26 heavy (non-hydrogen) atoms. The van der Waals surface area contributed by atoms with Crippen molar-refractivity contribution in [1.29, 1.82) is 0 Å². The summed E-state index contributed by atoms with van der Waals surface area (Å²) in [5.74, 6) is -3.09. The van der Waals surface area contributed by atoms with Gasteiger partial charge in [-0.25, -0.2) is 0 Å². The van der Waals surface area contributed by atoms with Gasteiger partial charge < -0.3 is 15.1 Å². The standard InChI is InChI=1S/C16H17ClF3N3O3/c1-22(2)14(25)10-6-5-9(8-11(10)17)21-13(24)12-4-3-7-23(12)15(26)16(18,19)20/h5-6,8,12H,3-4,7H2,1-2H3,(H,21,24). The third-order valence-corrected chi connectivity index (χ3v) is 4.24. The van der Waals surface area contributed by atoms with Crippen LogP contribution in [0.15, 0.2) is 18.2 Å². The van der Waals surface area contributed by atoms with Gasteiger partial charge in [0.25, 0.3) is 5.91 Å². The normalized spacial score (nSPS) is 17.2. The molecule has 1 fully saturated rings. The van der Waals surface area contributed by atoms with E-state index in [-0.39, 0.29) is 35.1 Å². The molecule has 1 aliphatic heterocycles. The molecular weight excluding hydrogens is 375 g/mol. The molecule has 0 bridgehead atoms. The topological polar surface area (TPSA) is 69.7 Å². The highest BCUT2D eigenvalue weighted by atomic mass is 35.5. The third kappa shape index (κ3) is 4.27. The van der Waals surface area contributed by atoms with Crippen molar-refractivity contribution in [3.63, 3.8) is 0 Å². The Kier molecular flexibility index (Phi) is 5.80. The Labute approximate surface area is 152 Å². The first-order valence-electron chi connectivity index (χ1n) is 7.72. The van der Waals surface area contributed by atoms with Crippen molar-refractivity contribution in [2.75, 3.05) is 26.0 Å². The molecule has 0 spiro atoms. The summed E-state index contributed by atoms with van der Waals surface area (Å²) in [7, 11) is 3.11. The van der Waals surface area contributed by atoms with E-state index in [0.29, 0.717) is 11.3 Å². The number of hydrogen-bond acceptors (Lipinski definition) is 3. The lowest BCUT2D eigenvalue weighted by Gasteiger charge is -2.24. The van der Waals surface area contributed by atoms with Crippen LogP contribution in [0.4, 0.5) is 18.9 Å². The maximum Gasteiger partial charge on any atom is 0.471 e. The molecule has 1 aromatic carbocycles. The number of anilines is 1. The minimum absolute atomic E-state index is 0.0937. The van der Waals surface area contributed by atoms with Crippen LogP contribution < -0.4 is 5.32 Å². The number of halogens is 4. The molecule has 1 aliphatic rings. The number of amides is 3. The van der Waals surface area contributed by atoms with Gasteiger partial charge in [-0.15, -0.1) is 0 Å². The van der Waals surface area contributed by atoms with Gasteiger partial charge in [-0.2, -0.15) is 13.2 Å². The Morgan fingerprint density at radius 3 is 2.46 bits per heavy atom. The monoisotopic (exact) mass is 391 g/mol. The van der Waals surface area contributed by atoms with Crippen LogP contribution in [0.2, 0.25) is 5.02 Å². The molecule has 0 saturated carbocycles. The molecule has 10 heteroatoms. The van der Waals surface area contributed by atoms with E-state index in [1.165, 1.54) is 23.1 Å². The zero-order chi connectivity index (χ0) is 19.6. The Balaban J connectivity index is 2.13. The number of nitrogens with zero attached hydrogens (tertiary/aromatic N) is 2. The molecule has 1 saturated heterocycles. The van der Waals surface area contributed by atoms with Gasteiger partial charge in [0.2, 0.25) is 5.91 Å². The predicted molar refractivity (Wildman–Crippen MR) is 88.9 cm³/mol. The third-order valence-electron chi connectivity index (χ3n) is 3.93. The molecule has 0 aliphatic carbocycles. The number of benzene rings is 1. The predicted octanol–water partition coefficient (Wildman–Crippen LogP) is 2.53. The number of likely N-dealkylation sites (tertiary alicyclic amines) is 1. The van der Waals surface area contributed by atoms with E-state index >= 15 is 0 Å². The van der Waals surface area contributed by atoms with E-state index in [9.17, 15) is 27.6 Å². The summed E-state index contributed by atoms with van der Waals surface area (Å²) in [4.78, 5) is 37.5. The zero-order valence-electron chi connectivity index (χ0n) is 14.1. The second kappa shape index (κ2) is 7.53. The maximum atomic E-state index is 12.6. The van der Waals surface area contributed by atoms with Gasteiger partial charge in [0.05, 0.1) is 10.6 Å². The number of rotatable bonds is 3. The van der Waals surface area contributed by atoms with Crippen LogP contribution in [0, 0.1) is 0 Å². The number of nitrogens with one attached hydrogen (secondary N) is 1. The smallest absolute Gasteiger partial charge is 0.345 e. The van der Waals surface area contributed by atoms with E-state index in [1.807, 2.05) is 0 Å². The second-order valence-electron chi connectivity index (χ2n) is 6.04. The minimum atomic E-state index is -5.03. The Morgan fingerprint density at radius 2 is 1.92 bits per heavy atom. The number of alkyl halides is 3. The van der Waals surface area contributed by atoms with Crippen LogP contribution in [-0.4, -0.2) is 60.4 Å². The van der Waals surface area contributed by atoms with Gasteiger partial charge in [0.15, 0.2) is 0 Å². The lowest BCUT2D eigenvalue weighted by atomic mass is 10.1. The second-order valence-corrected chi connectivity index (χ2v) is 6.44. The van der Waals surface area contributed by atoms with E-state index in [1.54, 1.807) is 14.1 Å². The Morgan fingerprint density at radius 1 is 1.27 bits per heavy atom. The van der Waals surface area contributed by atoms with Crippen LogP contribution in [-0.2, 0) is 9.59 Å². The molecule has 0 radical (unpaired) electrons. The lowest BCUT2D eigenvalue weighted by Crippen LogP contribution is -2.48. The molecule has 1 N–H and O–H groups in total. The summed E-state index contributed by atoms with van der Waals surface area (Å²) in [6.45, 7) is -0.131.